The Bertz CT molecular complexity index is 434. The first-order valence-electron chi connectivity index (χ1n) is 6.78. The number of sulfonamides is 1. The van der Waals surface area contributed by atoms with Gasteiger partial charge in [-0.15, -0.1) is 0 Å². The third-order valence-electron chi connectivity index (χ3n) is 3.31. The number of rotatable bonds is 6. The maximum atomic E-state index is 11.6. The molecular weight excluding hydrogens is 280 g/mol. The molecular formula is C12H26N4O3S. The van der Waals surface area contributed by atoms with Crippen molar-refractivity contribution in [2.75, 3.05) is 46.1 Å². The van der Waals surface area contributed by atoms with E-state index in [1.165, 1.54) is 4.31 Å². The van der Waals surface area contributed by atoms with Crippen molar-refractivity contribution in [3.8, 4) is 0 Å². The average Bonchev–Trinajstić information content (AvgIpc) is 2.73. The number of ether oxygens (including phenoxy) is 1. The van der Waals surface area contributed by atoms with Gasteiger partial charge in [-0.25, -0.2) is 12.7 Å². The van der Waals surface area contributed by atoms with Crippen LogP contribution in [0.1, 0.15) is 20.3 Å². The Hall–Kier alpha value is -0.860. The number of aliphatic imine (C=N–C) groups is 1. The van der Waals surface area contributed by atoms with Gasteiger partial charge in [0.25, 0.3) is 0 Å². The monoisotopic (exact) mass is 306 g/mol. The molecule has 0 aromatic carbocycles. The second-order valence-corrected chi connectivity index (χ2v) is 7.47. The number of nitrogens with zero attached hydrogens (tertiary/aromatic N) is 2. The molecule has 2 N–H and O–H groups in total. The van der Waals surface area contributed by atoms with E-state index in [1.54, 1.807) is 14.2 Å². The highest BCUT2D eigenvalue weighted by molar-refractivity contribution is 7.89. The number of guanidine groups is 1. The van der Waals surface area contributed by atoms with Crippen LogP contribution in [-0.2, 0) is 14.8 Å². The van der Waals surface area contributed by atoms with Crippen LogP contribution in [0, 0.1) is 0 Å². The minimum atomic E-state index is -3.02. The van der Waals surface area contributed by atoms with Crippen LogP contribution in [0.15, 0.2) is 4.99 Å². The van der Waals surface area contributed by atoms with Crippen molar-refractivity contribution in [1.29, 1.82) is 0 Å². The topological polar surface area (TPSA) is 83.0 Å². The minimum Gasteiger partial charge on any atom is -0.377 e. The largest absolute Gasteiger partial charge is 0.377 e. The molecule has 1 rings (SSSR count). The van der Waals surface area contributed by atoms with Crippen molar-refractivity contribution in [3.63, 3.8) is 0 Å². The van der Waals surface area contributed by atoms with Crippen LogP contribution in [0.5, 0.6) is 0 Å². The molecule has 0 aromatic heterocycles. The molecule has 1 aliphatic heterocycles. The Balaban J connectivity index is 2.32. The summed E-state index contributed by atoms with van der Waals surface area (Å²) < 4.78 is 30.1. The Labute approximate surface area is 121 Å². The summed E-state index contributed by atoms with van der Waals surface area (Å²) in [4.78, 5) is 4.10. The predicted octanol–water partition coefficient (Wildman–Crippen LogP) is -0.388. The first-order valence-corrected chi connectivity index (χ1v) is 8.39. The van der Waals surface area contributed by atoms with E-state index in [-0.39, 0.29) is 11.4 Å². The zero-order valence-electron chi connectivity index (χ0n) is 12.8. The highest BCUT2D eigenvalue weighted by atomic mass is 32.2. The molecule has 0 atom stereocenters. The molecule has 1 saturated heterocycles. The van der Waals surface area contributed by atoms with E-state index in [4.69, 9.17) is 4.74 Å². The second kappa shape index (κ2) is 7.24. The Morgan fingerprint density at radius 2 is 2.10 bits per heavy atom. The van der Waals surface area contributed by atoms with Gasteiger partial charge in [-0.2, -0.15) is 0 Å². The fraction of sp³-hybridized carbons (Fsp3) is 0.917. The van der Waals surface area contributed by atoms with Crippen molar-refractivity contribution in [2.24, 2.45) is 4.99 Å². The van der Waals surface area contributed by atoms with Crippen molar-refractivity contribution in [1.82, 2.24) is 14.9 Å². The van der Waals surface area contributed by atoms with Crippen LogP contribution in [-0.4, -0.2) is 70.4 Å². The van der Waals surface area contributed by atoms with Gasteiger partial charge in [-0.3, -0.25) is 4.99 Å². The molecule has 0 aliphatic carbocycles. The summed E-state index contributed by atoms with van der Waals surface area (Å²) in [6, 6.07) is 0. The smallest absolute Gasteiger partial charge is 0.214 e. The van der Waals surface area contributed by atoms with Gasteiger partial charge >= 0.3 is 0 Å². The Morgan fingerprint density at radius 1 is 1.40 bits per heavy atom. The molecule has 0 unspecified atom stereocenters. The SMILES string of the molecule is CN=C(NCCN1CCCS1(=O)=O)NCC(C)(C)OC. The lowest BCUT2D eigenvalue weighted by Crippen LogP contribution is -2.47. The van der Waals surface area contributed by atoms with E-state index >= 15 is 0 Å². The zero-order valence-corrected chi connectivity index (χ0v) is 13.6. The quantitative estimate of drug-likeness (QED) is 0.516. The predicted molar refractivity (Wildman–Crippen MR) is 80.4 cm³/mol. The van der Waals surface area contributed by atoms with Gasteiger partial charge in [-0.05, 0) is 20.3 Å². The number of methoxy groups -OCH3 is 1. The molecule has 7 nitrogen and oxygen atoms in total. The van der Waals surface area contributed by atoms with Crippen molar-refractivity contribution in [3.05, 3.63) is 0 Å². The van der Waals surface area contributed by atoms with Crippen LogP contribution in [0.25, 0.3) is 0 Å². The molecule has 118 valence electrons. The number of hydrogen-bond acceptors (Lipinski definition) is 4. The highest BCUT2D eigenvalue weighted by Crippen LogP contribution is 2.11. The molecule has 0 saturated carbocycles. The summed E-state index contributed by atoms with van der Waals surface area (Å²) in [6.07, 6.45) is 0.720. The Kier molecular flexibility index (Phi) is 6.22. The van der Waals surface area contributed by atoms with E-state index < -0.39 is 10.0 Å². The lowest BCUT2D eigenvalue weighted by Gasteiger charge is -2.24. The molecule has 20 heavy (non-hydrogen) atoms. The molecule has 0 amide bonds. The van der Waals surface area contributed by atoms with E-state index in [0.717, 1.165) is 6.42 Å². The van der Waals surface area contributed by atoms with E-state index in [2.05, 4.69) is 15.6 Å². The third-order valence-corrected chi connectivity index (χ3v) is 5.27. The lowest BCUT2D eigenvalue weighted by atomic mass is 10.1. The number of nitrogens with one attached hydrogen (secondary N) is 2. The van der Waals surface area contributed by atoms with Crippen molar-refractivity contribution < 1.29 is 13.2 Å². The molecule has 0 spiro atoms. The van der Waals surface area contributed by atoms with Gasteiger partial charge in [0.15, 0.2) is 5.96 Å². The number of hydrogen-bond donors (Lipinski definition) is 2. The van der Waals surface area contributed by atoms with Crippen molar-refractivity contribution in [2.45, 2.75) is 25.9 Å². The standard InChI is InChI=1S/C12H26N4O3S/c1-12(2,19-4)10-15-11(13-3)14-6-8-16-7-5-9-20(16,17)18/h5-10H2,1-4H3,(H2,13,14,15). The van der Waals surface area contributed by atoms with Gasteiger partial charge in [0.05, 0.1) is 11.4 Å². The maximum absolute atomic E-state index is 11.6. The molecule has 1 heterocycles. The average molecular weight is 306 g/mol. The van der Waals surface area contributed by atoms with Gasteiger partial charge < -0.3 is 15.4 Å². The first-order chi connectivity index (χ1) is 9.30. The summed E-state index contributed by atoms with van der Waals surface area (Å²) in [7, 11) is 0.327. The summed E-state index contributed by atoms with van der Waals surface area (Å²) >= 11 is 0. The summed E-state index contributed by atoms with van der Waals surface area (Å²) in [6.45, 7) is 6.19. The van der Waals surface area contributed by atoms with E-state index in [1.807, 2.05) is 13.8 Å². The highest BCUT2D eigenvalue weighted by Gasteiger charge is 2.27. The van der Waals surface area contributed by atoms with Crippen LogP contribution < -0.4 is 10.6 Å². The van der Waals surface area contributed by atoms with Gasteiger partial charge in [-0.1, -0.05) is 0 Å². The summed E-state index contributed by atoms with van der Waals surface area (Å²) in [5.41, 5.74) is -0.282. The van der Waals surface area contributed by atoms with E-state index in [9.17, 15) is 8.42 Å². The molecule has 8 heteroatoms. The molecule has 1 fully saturated rings. The molecule has 0 aromatic rings. The summed E-state index contributed by atoms with van der Waals surface area (Å²) in [5, 5.41) is 6.26. The van der Waals surface area contributed by atoms with Gasteiger partial charge in [0.1, 0.15) is 0 Å². The second-order valence-electron chi connectivity index (χ2n) is 5.38. The normalized spacial score (nSPS) is 20.1. The molecule has 0 radical (unpaired) electrons. The lowest BCUT2D eigenvalue weighted by molar-refractivity contribution is 0.0268. The van der Waals surface area contributed by atoms with Crippen LogP contribution >= 0.6 is 0 Å². The molecule has 0 bridgehead atoms. The van der Waals surface area contributed by atoms with Gasteiger partial charge in [0, 0.05) is 40.3 Å². The molecule has 1 aliphatic rings. The Morgan fingerprint density at radius 3 is 2.60 bits per heavy atom. The zero-order chi connectivity index (χ0) is 15.2. The van der Waals surface area contributed by atoms with E-state index in [0.29, 0.717) is 32.1 Å². The van der Waals surface area contributed by atoms with Crippen LogP contribution in [0.2, 0.25) is 0 Å². The minimum absolute atomic E-state index is 0.266. The summed E-state index contributed by atoms with van der Waals surface area (Å²) in [5.74, 6) is 0.911. The van der Waals surface area contributed by atoms with Gasteiger partial charge in [0.2, 0.25) is 10.0 Å². The first kappa shape index (κ1) is 17.2. The van der Waals surface area contributed by atoms with Crippen molar-refractivity contribution >= 4 is 16.0 Å². The fourth-order valence-corrected chi connectivity index (χ4v) is 3.36. The third kappa shape index (κ3) is 5.26. The van der Waals surface area contributed by atoms with Crippen LogP contribution in [0.4, 0.5) is 0 Å². The fourth-order valence-electron chi connectivity index (χ4n) is 1.83. The van der Waals surface area contributed by atoms with Crippen LogP contribution in [0.3, 0.4) is 0 Å². The maximum Gasteiger partial charge on any atom is 0.214 e.